The first-order valence-corrected chi connectivity index (χ1v) is 2.46. The third-order valence-corrected chi connectivity index (χ3v) is 1.12. The van der Waals surface area contributed by atoms with E-state index in [9.17, 15) is 0 Å². The lowest BCUT2D eigenvalue weighted by Gasteiger charge is -2.01. The molecule has 0 spiro atoms. The van der Waals surface area contributed by atoms with Crippen LogP contribution in [0.2, 0.25) is 0 Å². The lowest BCUT2D eigenvalue weighted by Crippen LogP contribution is -2.17. The van der Waals surface area contributed by atoms with Gasteiger partial charge in [-0.15, -0.1) is 0 Å². The first-order chi connectivity index (χ1) is 2.89. The average Bonchev–Trinajstić information content (AvgIpc) is 1.86. The monoisotopic (exact) mass is 101 g/mol. The molecular formula is C3H5N2S. The minimum atomic E-state index is 1.58. The molecule has 1 heterocycles. The van der Waals surface area contributed by atoms with E-state index in [-0.39, 0.29) is 0 Å². The van der Waals surface area contributed by atoms with E-state index in [4.69, 9.17) is 0 Å². The summed E-state index contributed by atoms with van der Waals surface area (Å²) in [7, 11) is 1.93. The predicted octanol–water partition coefficient (Wildman–Crippen LogP) is 0.359. The van der Waals surface area contributed by atoms with Gasteiger partial charge in [0.05, 0.1) is 6.20 Å². The zero-order valence-electron chi connectivity index (χ0n) is 3.43. The van der Waals surface area contributed by atoms with Crippen LogP contribution in [-0.4, -0.2) is 11.5 Å². The summed E-state index contributed by atoms with van der Waals surface area (Å²) in [5.41, 5.74) is 2.81. The molecular weight excluding hydrogens is 96.1 g/mol. The predicted molar refractivity (Wildman–Crippen MR) is 26.3 cm³/mol. The molecule has 0 aromatic rings. The average molecular weight is 101 g/mol. The van der Waals surface area contributed by atoms with Crippen molar-refractivity contribution in [2.45, 2.75) is 0 Å². The van der Waals surface area contributed by atoms with Gasteiger partial charge >= 0.3 is 0 Å². The molecule has 1 radical (unpaired) electrons. The van der Waals surface area contributed by atoms with Gasteiger partial charge in [0, 0.05) is 12.5 Å². The summed E-state index contributed by atoms with van der Waals surface area (Å²) in [5, 5.41) is 1.86. The van der Waals surface area contributed by atoms with Crippen LogP contribution in [0.5, 0.6) is 0 Å². The molecule has 0 aliphatic carbocycles. The van der Waals surface area contributed by atoms with E-state index in [1.165, 1.54) is 0 Å². The molecule has 33 valence electrons. The van der Waals surface area contributed by atoms with Crippen molar-refractivity contribution < 1.29 is 0 Å². The molecule has 0 aromatic heterocycles. The Balaban J connectivity index is 2.32. The third-order valence-electron chi connectivity index (χ3n) is 0.492. The highest BCUT2D eigenvalue weighted by molar-refractivity contribution is 7.99. The summed E-state index contributed by atoms with van der Waals surface area (Å²) in [5.74, 6) is 0. The highest BCUT2D eigenvalue weighted by Gasteiger charge is 1.95. The molecule has 3 heteroatoms. The van der Waals surface area contributed by atoms with Crippen molar-refractivity contribution in [3.05, 3.63) is 11.6 Å². The molecule has 0 amide bonds. The molecule has 0 unspecified atom stereocenters. The zero-order valence-corrected chi connectivity index (χ0v) is 4.25. The van der Waals surface area contributed by atoms with E-state index < -0.39 is 0 Å². The van der Waals surface area contributed by atoms with E-state index in [1.807, 2.05) is 16.9 Å². The van der Waals surface area contributed by atoms with Crippen LogP contribution < -0.4 is 5.43 Å². The van der Waals surface area contributed by atoms with Gasteiger partial charge in [-0.05, 0) is 11.9 Å². The topological polar surface area (TPSA) is 15.3 Å². The Bertz CT molecular complexity index is 63.2. The fourth-order valence-electron chi connectivity index (χ4n) is 0.249. The van der Waals surface area contributed by atoms with Gasteiger partial charge in [0.1, 0.15) is 0 Å². The second-order valence-corrected chi connectivity index (χ2v) is 1.97. The Morgan fingerprint density at radius 1 is 2.00 bits per heavy atom. The number of nitrogens with zero attached hydrogens (tertiary/aromatic N) is 1. The molecule has 1 rings (SSSR count). The van der Waals surface area contributed by atoms with Gasteiger partial charge in [-0.3, -0.25) is 0 Å². The largest absolute Gasteiger partial charge is 0.307 e. The summed E-state index contributed by atoms with van der Waals surface area (Å²) in [6, 6.07) is 0. The Morgan fingerprint density at radius 2 is 2.83 bits per heavy atom. The van der Waals surface area contributed by atoms with Gasteiger partial charge in [-0.25, -0.2) is 0 Å². The maximum Gasteiger partial charge on any atom is 0.0826 e. The first kappa shape index (κ1) is 4.02. The third kappa shape index (κ3) is 0.666. The van der Waals surface area contributed by atoms with Crippen LogP contribution in [0.4, 0.5) is 0 Å². The summed E-state index contributed by atoms with van der Waals surface area (Å²) < 4.78 is 1.86. The van der Waals surface area contributed by atoms with Crippen LogP contribution in [0.1, 0.15) is 0 Å². The van der Waals surface area contributed by atoms with E-state index in [0.29, 0.717) is 0 Å². The van der Waals surface area contributed by atoms with Crippen LogP contribution >= 0.6 is 11.9 Å². The van der Waals surface area contributed by atoms with Gasteiger partial charge in [0.15, 0.2) is 0 Å². The molecule has 0 saturated heterocycles. The number of hydrogen-bond donors (Lipinski definition) is 1. The van der Waals surface area contributed by atoms with Crippen LogP contribution in [0, 0.1) is 6.20 Å². The van der Waals surface area contributed by atoms with Crippen LogP contribution in [0.25, 0.3) is 0 Å². The van der Waals surface area contributed by atoms with Gasteiger partial charge in [0.25, 0.3) is 0 Å². The van der Waals surface area contributed by atoms with E-state index >= 15 is 0 Å². The molecule has 1 N–H and O–H groups in total. The normalized spacial score (nSPS) is 21.5. The van der Waals surface area contributed by atoms with Crippen molar-refractivity contribution >= 4 is 11.9 Å². The summed E-state index contributed by atoms with van der Waals surface area (Å²) >= 11 is 1.58. The molecule has 1 aliphatic rings. The zero-order chi connectivity index (χ0) is 4.41. The molecule has 2 nitrogen and oxygen atoms in total. The van der Waals surface area contributed by atoms with Crippen molar-refractivity contribution in [1.29, 1.82) is 0 Å². The molecule has 0 atom stereocenters. The Kier molecular flexibility index (Phi) is 1.03. The minimum Gasteiger partial charge on any atom is -0.307 e. The van der Waals surface area contributed by atoms with Crippen LogP contribution in [0.15, 0.2) is 5.41 Å². The Morgan fingerprint density at radius 3 is 3.00 bits per heavy atom. The Hall–Kier alpha value is -0.150. The SMILES string of the molecule is CN1N[C]=CS1. The number of hydrogen-bond acceptors (Lipinski definition) is 3. The number of rotatable bonds is 0. The highest BCUT2D eigenvalue weighted by Crippen LogP contribution is 2.07. The quantitative estimate of drug-likeness (QED) is 0.443. The highest BCUT2D eigenvalue weighted by atomic mass is 32.2. The van der Waals surface area contributed by atoms with Gasteiger partial charge in [-0.2, -0.15) is 4.41 Å². The van der Waals surface area contributed by atoms with Crippen molar-refractivity contribution in [2.24, 2.45) is 0 Å². The van der Waals surface area contributed by atoms with Crippen LogP contribution in [-0.2, 0) is 0 Å². The maximum absolute atomic E-state index is 2.81. The lowest BCUT2D eigenvalue weighted by molar-refractivity contribution is 0.495. The van der Waals surface area contributed by atoms with E-state index in [2.05, 4.69) is 11.6 Å². The molecule has 6 heavy (non-hydrogen) atoms. The number of nitrogens with one attached hydrogen (secondary N) is 1. The van der Waals surface area contributed by atoms with Crippen molar-refractivity contribution in [1.82, 2.24) is 9.84 Å². The van der Waals surface area contributed by atoms with Crippen LogP contribution in [0.3, 0.4) is 0 Å². The summed E-state index contributed by atoms with van der Waals surface area (Å²) in [6.07, 6.45) is 2.79. The van der Waals surface area contributed by atoms with Crippen molar-refractivity contribution in [2.75, 3.05) is 7.05 Å². The standard InChI is InChI=1S/C3H5N2S/c1-5-4-2-3-6-5/h3-4H,1H3. The Labute approximate surface area is 41.3 Å². The smallest absolute Gasteiger partial charge is 0.0826 e. The van der Waals surface area contributed by atoms with E-state index in [1.54, 1.807) is 11.9 Å². The molecule has 0 saturated carbocycles. The van der Waals surface area contributed by atoms with Crippen molar-refractivity contribution in [3.8, 4) is 0 Å². The fraction of sp³-hybridized carbons (Fsp3) is 0.333. The molecule has 0 bridgehead atoms. The van der Waals surface area contributed by atoms with Gasteiger partial charge in [0.2, 0.25) is 0 Å². The lowest BCUT2D eigenvalue weighted by atomic mass is 11.1. The molecule has 0 fully saturated rings. The summed E-state index contributed by atoms with van der Waals surface area (Å²) in [6.45, 7) is 0. The van der Waals surface area contributed by atoms with Crippen molar-refractivity contribution in [3.63, 3.8) is 0 Å². The molecule has 0 aromatic carbocycles. The molecule has 1 aliphatic heterocycles. The van der Waals surface area contributed by atoms with E-state index in [0.717, 1.165) is 0 Å². The fourth-order valence-corrected chi connectivity index (χ4v) is 0.618. The minimum absolute atomic E-state index is 1.58. The summed E-state index contributed by atoms with van der Waals surface area (Å²) in [4.78, 5) is 0. The second kappa shape index (κ2) is 1.53. The second-order valence-electron chi connectivity index (χ2n) is 0.977. The van der Waals surface area contributed by atoms with Gasteiger partial charge in [-0.1, -0.05) is 0 Å². The maximum atomic E-state index is 2.81. The van der Waals surface area contributed by atoms with Gasteiger partial charge < -0.3 is 5.43 Å². The number of hydrazine groups is 1. The first-order valence-electron chi connectivity index (χ1n) is 1.63.